The molecule has 0 aliphatic heterocycles. The Labute approximate surface area is 79.7 Å². The van der Waals surface area contributed by atoms with Crippen LogP contribution in [-0.2, 0) is 4.79 Å². The second-order valence-electron chi connectivity index (χ2n) is 3.08. The van der Waals surface area contributed by atoms with Crippen molar-refractivity contribution in [2.45, 2.75) is 32.7 Å². The summed E-state index contributed by atoms with van der Waals surface area (Å²) in [6.45, 7) is 5.62. The first kappa shape index (κ1) is 12.4. The van der Waals surface area contributed by atoms with E-state index in [1.54, 1.807) is 0 Å². The van der Waals surface area contributed by atoms with Gasteiger partial charge in [0.2, 0.25) is 5.91 Å². The first-order valence-corrected chi connectivity index (χ1v) is 4.81. The van der Waals surface area contributed by atoms with Crippen LogP contribution in [0.1, 0.15) is 26.7 Å². The Bertz CT molecular complexity index is 140. The Kier molecular flexibility index (Phi) is 7.63. The highest BCUT2D eigenvalue weighted by Crippen LogP contribution is 1.89. The van der Waals surface area contributed by atoms with Crippen molar-refractivity contribution in [3.8, 4) is 0 Å². The summed E-state index contributed by atoms with van der Waals surface area (Å²) in [5.41, 5.74) is 0. The van der Waals surface area contributed by atoms with Gasteiger partial charge in [0.1, 0.15) is 0 Å². The van der Waals surface area contributed by atoms with Crippen LogP contribution in [-0.4, -0.2) is 36.8 Å². The van der Waals surface area contributed by atoms with Crippen molar-refractivity contribution in [2.75, 3.05) is 19.7 Å². The maximum Gasteiger partial charge on any atom is 0.221 e. The molecule has 0 aromatic rings. The molecule has 0 rings (SSSR count). The summed E-state index contributed by atoms with van der Waals surface area (Å²) in [5.74, 6) is 0.0434. The lowest BCUT2D eigenvalue weighted by atomic mass is 10.2. The molecule has 0 saturated carbocycles. The molecule has 0 aromatic carbocycles. The van der Waals surface area contributed by atoms with E-state index in [2.05, 4.69) is 10.6 Å². The molecule has 3 N–H and O–H groups in total. The molecule has 0 bridgehead atoms. The number of carbonyl (C=O) groups excluding carboxylic acids is 1. The normalized spacial score (nSPS) is 12.5. The Morgan fingerprint density at radius 2 is 2.23 bits per heavy atom. The largest absolute Gasteiger partial charge is 0.396 e. The zero-order valence-corrected chi connectivity index (χ0v) is 8.47. The predicted molar refractivity (Wildman–Crippen MR) is 52.5 cm³/mol. The summed E-state index contributed by atoms with van der Waals surface area (Å²) in [4.78, 5) is 11.2. The minimum atomic E-state index is 0.0434. The van der Waals surface area contributed by atoms with Gasteiger partial charge in [0, 0.05) is 25.6 Å². The Balaban J connectivity index is 3.38. The summed E-state index contributed by atoms with van der Waals surface area (Å²) in [7, 11) is 0. The summed E-state index contributed by atoms with van der Waals surface area (Å²) in [5, 5.41) is 14.5. The van der Waals surface area contributed by atoms with Crippen LogP contribution in [0.4, 0.5) is 0 Å². The van der Waals surface area contributed by atoms with E-state index in [9.17, 15) is 4.79 Å². The second kappa shape index (κ2) is 8.01. The Morgan fingerprint density at radius 3 is 2.77 bits per heavy atom. The highest BCUT2D eigenvalue weighted by Gasteiger charge is 2.05. The van der Waals surface area contributed by atoms with Gasteiger partial charge in [0.05, 0.1) is 0 Å². The number of aliphatic hydroxyl groups excluding tert-OH is 1. The van der Waals surface area contributed by atoms with Crippen LogP contribution in [0.3, 0.4) is 0 Å². The number of carbonyl (C=O) groups is 1. The van der Waals surface area contributed by atoms with Gasteiger partial charge in [-0.1, -0.05) is 6.92 Å². The average Bonchev–Trinajstić information content (AvgIpc) is 2.05. The molecule has 0 aliphatic carbocycles. The molecule has 0 spiro atoms. The van der Waals surface area contributed by atoms with Crippen LogP contribution in [0.5, 0.6) is 0 Å². The molecule has 4 nitrogen and oxygen atoms in total. The van der Waals surface area contributed by atoms with Gasteiger partial charge >= 0.3 is 0 Å². The molecule has 4 heteroatoms. The van der Waals surface area contributed by atoms with E-state index >= 15 is 0 Å². The molecule has 0 aromatic heterocycles. The smallest absolute Gasteiger partial charge is 0.221 e. The molecular formula is C9H20N2O2. The lowest BCUT2D eigenvalue weighted by Crippen LogP contribution is -2.34. The maximum absolute atomic E-state index is 11.2. The fourth-order valence-corrected chi connectivity index (χ4v) is 0.992. The van der Waals surface area contributed by atoms with Crippen molar-refractivity contribution < 1.29 is 9.90 Å². The quantitative estimate of drug-likeness (QED) is 0.488. The molecular weight excluding hydrogens is 168 g/mol. The lowest BCUT2D eigenvalue weighted by Gasteiger charge is -2.12. The van der Waals surface area contributed by atoms with Gasteiger partial charge in [-0.05, 0) is 19.9 Å². The molecule has 1 atom stereocenters. The SMILES string of the molecule is CCNCCC(=O)NC(C)CCO. The van der Waals surface area contributed by atoms with E-state index in [-0.39, 0.29) is 18.6 Å². The fraction of sp³-hybridized carbons (Fsp3) is 0.889. The van der Waals surface area contributed by atoms with Crippen molar-refractivity contribution in [1.29, 1.82) is 0 Å². The van der Waals surface area contributed by atoms with E-state index in [1.807, 2.05) is 13.8 Å². The van der Waals surface area contributed by atoms with Crippen LogP contribution < -0.4 is 10.6 Å². The zero-order chi connectivity index (χ0) is 10.1. The minimum absolute atomic E-state index is 0.0434. The zero-order valence-electron chi connectivity index (χ0n) is 8.47. The third kappa shape index (κ3) is 7.74. The first-order chi connectivity index (χ1) is 6.20. The Morgan fingerprint density at radius 1 is 1.54 bits per heavy atom. The highest BCUT2D eigenvalue weighted by molar-refractivity contribution is 5.76. The van der Waals surface area contributed by atoms with Crippen LogP contribution >= 0.6 is 0 Å². The standard InChI is InChI=1S/C9H20N2O2/c1-3-10-6-4-9(13)11-8(2)5-7-12/h8,10,12H,3-7H2,1-2H3,(H,11,13). The monoisotopic (exact) mass is 188 g/mol. The number of hydrogen-bond donors (Lipinski definition) is 3. The number of aliphatic hydroxyl groups is 1. The van der Waals surface area contributed by atoms with Crippen LogP contribution in [0.25, 0.3) is 0 Å². The average molecular weight is 188 g/mol. The van der Waals surface area contributed by atoms with E-state index in [0.29, 0.717) is 19.4 Å². The van der Waals surface area contributed by atoms with Crippen molar-refractivity contribution >= 4 is 5.91 Å². The number of hydrogen-bond acceptors (Lipinski definition) is 3. The summed E-state index contributed by atoms with van der Waals surface area (Å²) in [6.07, 6.45) is 1.12. The third-order valence-corrected chi connectivity index (χ3v) is 1.75. The maximum atomic E-state index is 11.2. The molecule has 1 unspecified atom stereocenters. The van der Waals surface area contributed by atoms with Gasteiger partial charge in [-0.15, -0.1) is 0 Å². The minimum Gasteiger partial charge on any atom is -0.396 e. The number of nitrogens with one attached hydrogen (secondary N) is 2. The summed E-state index contributed by atoms with van der Waals surface area (Å²) >= 11 is 0. The molecule has 0 saturated heterocycles. The van der Waals surface area contributed by atoms with E-state index in [0.717, 1.165) is 6.54 Å². The van der Waals surface area contributed by atoms with Crippen LogP contribution in [0.2, 0.25) is 0 Å². The third-order valence-electron chi connectivity index (χ3n) is 1.75. The second-order valence-corrected chi connectivity index (χ2v) is 3.08. The van der Waals surface area contributed by atoms with Crippen molar-refractivity contribution in [3.63, 3.8) is 0 Å². The van der Waals surface area contributed by atoms with E-state index in [1.165, 1.54) is 0 Å². The fourth-order valence-electron chi connectivity index (χ4n) is 0.992. The van der Waals surface area contributed by atoms with Crippen molar-refractivity contribution in [3.05, 3.63) is 0 Å². The summed E-state index contributed by atoms with van der Waals surface area (Å²) in [6, 6.07) is 0.0686. The van der Waals surface area contributed by atoms with Crippen LogP contribution in [0.15, 0.2) is 0 Å². The summed E-state index contributed by atoms with van der Waals surface area (Å²) < 4.78 is 0. The first-order valence-electron chi connectivity index (χ1n) is 4.81. The Hall–Kier alpha value is -0.610. The molecule has 78 valence electrons. The van der Waals surface area contributed by atoms with Gasteiger partial charge in [-0.25, -0.2) is 0 Å². The lowest BCUT2D eigenvalue weighted by molar-refractivity contribution is -0.121. The van der Waals surface area contributed by atoms with Gasteiger partial charge in [0.25, 0.3) is 0 Å². The molecule has 0 heterocycles. The van der Waals surface area contributed by atoms with Gasteiger partial charge in [-0.2, -0.15) is 0 Å². The topological polar surface area (TPSA) is 61.4 Å². The molecule has 13 heavy (non-hydrogen) atoms. The molecule has 1 amide bonds. The van der Waals surface area contributed by atoms with E-state index in [4.69, 9.17) is 5.11 Å². The number of rotatable bonds is 7. The van der Waals surface area contributed by atoms with E-state index < -0.39 is 0 Å². The highest BCUT2D eigenvalue weighted by atomic mass is 16.3. The molecule has 0 radical (unpaired) electrons. The number of amides is 1. The van der Waals surface area contributed by atoms with Gasteiger partial charge in [-0.3, -0.25) is 4.79 Å². The van der Waals surface area contributed by atoms with Gasteiger partial charge < -0.3 is 15.7 Å². The molecule has 0 aliphatic rings. The van der Waals surface area contributed by atoms with Crippen molar-refractivity contribution in [2.24, 2.45) is 0 Å². The van der Waals surface area contributed by atoms with Gasteiger partial charge in [0.15, 0.2) is 0 Å². The predicted octanol–water partition coefficient (Wildman–Crippen LogP) is -0.127. The van der Waals surface area contributed by atoms with Crippen molar-refractivity contribution in [1.82, 2.24) is 10.6 Å². The van der Waals surface area contributed by atoms with Crippen LogP contribution in [0, 0.1) is 0 Å². The molecule has 0 fully saturated rings.